The molecule has 35 heavy (non-hydrogen) atoms. The average Bonchev–Trinajstić information content (AvgIpc) is 2.87. The van der Waals surface area contributed by atoms with Crippen molar-refractivity contribution in [2.75, 3.05) is 31.1 Å². The maximum absolute atomic E-state index is 14.3. The van der Waals surface area contributed by atoms with E-state index in [2.05, 4.69) is 9.97 Å². The Labute approximate surface area is 207 Å². The van der Waals surface area contributed by atoms with Crippen LogP contribution >= 0.6 is 11.6 Å². The SMILES string of the molecule is CC(C)(C=O)/C=C(\C#N)C(=O)N1CCN(c2ncnc3cc(-c4ccccc4F)c(Cl)cc23)CC1. The molecule has 1 aliphatic rings. The molecule has 0 saturated carbocycles. The zero-order valence-electron chi connectivity index (χ0n) is 19.3. The van der Waals surface area contributed by atoms with Gasteiger partial charge in [0.25, 0.3) is 5.91 Å². The van der Waals surface area contributed by atoms with Crippen LogP contribution in [0.15, 0.2) is 54.4 Å². The van der Waals surface area contributed by atoms with Crippen molar-refractivity contribution < 1.29 is 14.0 Å². The first-order valence-electron chi connectivity index (χ1n) is 11.1. The van der Waals surface area contributed by atoms with E-state index >= 15 is 0 Å². The average molecular weight is 492 g/mol. The molecule has 9 heteroatoms. The number of piperazine rings is 1. The molecule has 0 radical (unpaired) electrons. The van der Waals surface area contributed by atoms with Crippen LogP contribution in [0.1, 0.15) is 13.8 Å². The smallest absolute Gasteiger partial charge is 0.264 e. The molecule has 3 aromatic rings. The molecule has 1 saturated heterocycles. The van der Waals surface area contributed by atoms with Gasteiger partial charge in [0.1, 0.15) is 35.9 Å². The molecule has 0 unspecified atom stereocenters. The van der Waals surface area contributed by atoms with E-state index in [1.807, 2.05) is 11.0 Å². The molecule has 2 heterocycles. The van der Waals surface area contributed by atoms with Gasteiger partial charge < -0.3 is 14.6 Å². The molecule has 0 spiro atoms. The summed E-state index contributed by atoms with van der Waals surface area (Å²) in [7, 11) is 0. The number of anilines is 1. The minimum atomic E-state index is -0.900. The molecule has 178 valence electrons. The van der Waals surface area contributed by atoms with Crippen LogP contribution in [0.25, 0.3) is 22.0 Å². The molecule has 1 fully saturated rings. The number of hydrogen-bond acceptors (Lipinski definition) is 6. The normalized spacial score (nSPS) is 14.7. The number of fused-ring (bicyclic) bond motifs is 1. The Bertz CT molecular complexity index is 1370. The lowest BCUT2D eigenvalue weighted by Gasteiger charge is -2.35. The number of carbonyl (C=O) groups is 2. The van der Waals surface area contributed by atoms with E-state index in [0.717, 1.165) is 5.39 Å². The van der Waals surface area contributed by atoms with Crippen LogP contribution < -0.4 is 4.90 Å². The van der Waals surface area contributed by atoms with Gasteiger partial charge >= 0.3 is 0 Å². The zero-order valence-corrected chi connectivity index (χ0v) is 20.1. The molecule has 7 nitrogen and oxygen atoms in total. The number of allylic oxidation sites excluding steroid dienone is 1. The van der Waals surface area contributed by atoms with Crippen molar-refractivity contribution in [3.05, 3.63) is 65.2 Å². The second kappa shape index (κ2) is 9.80. The molecule has 0 N–H and O–H groups in total. The fourth-order valence-electron chi connectivity index (χ4n) is 4.04. The molecule has 1 aliphatic heterocycles. The van der Waals surface area contributed by atoms with Crippen LogP contribution in [0.5, 0.6) is 0 Å². The lowest BCUT2D eigenvalue weighted by Crippen LogP contribution is -2.49. The van der Waals surface area contributed by atoms with E-state index in [4.69, 9.17) is 11.6 Å². The fraction of sp³-hybridized carbons (Fsp3) is 0.269. The minimum absolute atomic E-state index is 0.0458. The Morgan fingerprint density at radius 1 is 1.14 bits per heavy atom. The van der Waals surface area contributed by atoms with Crippen LogP contribution in [-0.4, -0.2) is 53.2 Å². The topological polar surface area (TPSA) is 90.2 Å². The first kappa shape index (κ1) is 24.3. The van der Waals surface area contributed by atoms with Gasteiger partial charge in [-0.2, -0.15) is 5.26 Å². The summed E-state index contributed by atoms with van der Waals surface area (Å²) in [4.78, 5) is 36.5. The first-order chi connectivity index (χ1) is 16.7. The Balaban J connectivity index is 1.58. The van der Waals surface area contributed by atoms with Crippen LogP contribution in [-0.2, 0) is 9.59 Å². The summed E-state index contributed by atoms with van der Waals surface area (Å²) in [5.41, 5.74) is 0.623. The van der Waals surface area contributed by atoms with Crippen molar-refractivity contribution in [2.45, 2.75) is 13.8 Å². The van der Waals surface area contributed by atoms with Crippen molar-refractivity contribution in [1.82, 2.24) is 14.9 Å². The summed E-state index contributed by atoms with van der Waals surface area (Å²) in [5, 5.41) is 10.5. The van der Waals surface area contributed by atoms with E-state index in [0.29, 0.717) is 59.9 Å². The molecule has 0 aliphatic carbocycles. The van der Waals surface area contributed by atoms with Crippen LogP contribution in [0.3, 0.4) is 0 Å². The second-order valence-corrected chi connectivity index (χ2v) is 9.32. The number of halogens is 2. The van der Waals surface area contributed by atoms with Gasteiger partial charge in [0.2, 0.25) is 0 Å². The van der Waals surface area contributed by atoms with Crippen LogP contribution in [0.4, 0.5) is 10.2 Å². The molecule has 0 bridgehead atoms. The molecular formula is C26H23ClFN5O2. The maximum Gasteiger partial charge on any atom is 0.264 e. The Morgan fingerprint density at radius 2 is 1.86 bits per heavy atom. The number of rotatable bonds is 5. The standard InChI is InChI=1S/C26H23ClFN5O2/c1-26(2,15-34)13-17(14-29)25(35)33-9-7-32(8-10-33)24-20-11-21(27)19(12-23(20)30-16-31-24)18-5-3-4-6-22(18)28/h3-6,11-13,15-16H,7-10H2,1-2H3/b17-13+. The first-order valence-corrected chi connectivity index (χ1v) is 11.4. The fourth-order valence-corrected chi connectivity index (χ4v) is 4.31. The lowest BCUT2D eigenvalue weighted by molar-refractivity contribution is -0.127. The largest absolute Gasteiger partial charge is 0.352 e. The van der Waals surface area contributed by atoms with Crippen LogP contribution in [0.2, 0.25) is 5.02 Å². The van der Waals surface area contributed by atoms with Crippen molar-refractivity contribution in [2.24, 2.45) is 5.41 Å². The van der Waals surface area contributed by atoms with Gasteiger partial charge in [-0.3, -0.25) is 4.79 Å². The number of amides is 1. The highest BCUT2D eigenvalue weighted by molar-refractivity contribution is 6.34. The molecule has 4 rings (SSSR count). The molecule has 0 atom stereocenters. The van der Waals surface area contributed by atoms with Gasteiger partial charge in [-0.15, -0.1) is 0 Å². The van der Waals surface area contributed by atoms with E-state index in [1.54, 1.807) is 49.1 Å². The van der Waals surface area contributed by atoms with E-state index in [9.17, 15) is 19.2 Å². The number of hydrogen-bond donors (Lipinski definition) is 0. The van der Waals surface area contributed by atoms with E-state index in [-0.39, 0.29) is 11.4 Å². The minimum Gasteiger partial charge on any atom is -0.352 e. The highest BCUT2D eigenvalue weighted by Gasteiger charge is 2.27. The van der Waals surface area contributed by atoms with Crippen molar-refractivity contribution in [3.8, 4) is 17.2 Å². The summed E-state index contributed by atoms with van der Waals surface area (Å²) in [6.07, 6.45) is 3.56. The Kier molecular flexibility index (Phi) is 6.81. The van der Waals surface area contributed by atoms with Crippen molar-refractivity contribution in [3.63, 3.8) is 0 Å². The van der Waals surface area contributed by atoms with Crippen molar-refractivity contribution >= 4 is 40.5 Å². The summed E-state index contributed by atoms with van der Waals surface area (Å²) in [5.74, 6) is -0.0967. The van der Waals surface area contributed by atoms with Gasteiger partial charge in [-0.05, 0) is 38.1 Å². The molecule has 1 aromatic heterocycles. The zero-order chi connectivity index (χ0) is 25.2. The molecule has 2 aromatic carbocycles. The third kappa shape index (κ3) is 5.00. The molecule has 1 amide bonds. The van der Waals surface area contributed by atoms with Gasteiger partial charge in [0.15, 0.2) is 0 Å². The number of aldehydes is 1. The van der Waals surface area contributed by atoms with Gasteiger partial charge in [-0.25, -0.2) is 14.4 Å². The predicted octanol–water partition coefficient (Wildman–Crippen LogP) is 4.41. The Hall–Kier alpha value is -3.83. The maximum atomic E-state index is 14.3. The van der Waals surface area contributed by atoms with Crippen LogP contribution in [0, 0.1) is 22.6 Å². The van der Waals surface area contributed by atoms with E-state index < -0.39 is 11.3 Å². The number of carbonyl (C=O) groups excluding carboxylic acids is 2. The summed E-state index contributed by atoms with van der Waals surface area (Å²) in [6.45, 7) is 5.02. The highest BCUT2D eigenvalue weighted by atomic mass is 35.5. The number of nitrogens with zero attached hydrogens (tertiary/aromatic N) is 5. The predicted molar refractivity (Wildman–Crippen MR) is 132 cm³/mol. The third-order valence-corrected chi connectivity index (χ3v) is 6.22. The second-order valence-electron chi connectivity index (χ2n) is 8.91. The van der Waals surface area contributed by atoms with E-state index in [1.165, 1.54) is 18.5 Å². The number of aromatic nitrogens is 2. The lowest BCUT2D eigenvalue weighted by atomic mass is 9.92. The number of nitriles is 1. The molecular weight excluding hydrogens is 469 g/mol. The quantitative estimate of drug-likeness (QED) is 0.298. The van der Waals surface area contributed by atoms with Gasteiger partial charge in [0, 0.05) is 53.1 Å². The summed E-state index contributed by atoms with van der Waals surface area (Å²) >= 11 is 6.55. The van der Waals surface area contributed by atoms with Crippen molar-refractivity contribution in [1.29, 1.82) is 5.26 Å². The van der Waals surface area contributed by atoms with Gasteiger partial charge in [0.05, 0.1) is 5.52 Å². The summed E-state index contributed by atoms with van der Waals surface area (Å²) in [6, 6.07) is 11.8. The Morgan fingerprint density at radius 3 is 2.51 bits per heavy atom. The number of benzene rings is 2. The third-order valence-electron chi connectivity index (χ3n) is 5.90. The van der Waals surface area contributed by atoms with Gasteiger partial charge in [-0.1, -0.05) is 29.8 Å². The highest BCUT2D eigenvalue weighted by Crippen LogP contribution is 2.35. The summed E-state index contributed by atoms with van der Waals surface area (Å²) < 4.78 is 14.3. The monoisotopic (exact) mass is 491 g/mol.